The molecule has 1 saturated heterocycles. The monoisotopic (exact) mass is 334 g/mol. The van der Waals surface area contributed by atoms with Crippen molar-refractivity contribution >= 4 is 38.8 Å². The van der Waals surface area contributed by atoms with E-state index >= 15 is 0 Å². The van der Waals surface area contributed by atoms with Crippen LogP contribution in [-0.2, 0) is 14.6 Å². The molecule has 0 N–H and O–H groups in total. The second-order valence-electron chi connectivity index (χ2n) is 5.02. The van der Waals surface area contributed by atoms with Crippen LogP contribution in [0.25, 0.3) is 0 Å². The molecular weight excluding hydrogens is 316 g/mol. The number of thioether (sulfide) groups is 1. The zero-order valence-electron chi connectivity index (χ0n) is 11.7. The number of nitrogens with zero attached hydrogens (tertiary/aromatic N) is 2. The molecule has 5 nitrogen and oxygen atoms in total. The van der Waals surface area contributed by atoms with E-state index in [1.807, 2.05) is 19.2 Å². The van der Waals surface area contributed by atoms with Gasteiger partial charge in [-0.1, -0.05) is 11.8 Å². The predicted octanol–water partition coefficient (Wildman–Crippen LogP) is 1.58. The number of carbonyl (C=O) groups excluding carboxylic acids is 1. The van der Waals surface area contributed by atoms with E-state index in [0.717, 1.165) is 10.0 Å². The predicted molar refractivity (Wildman–Crippen MR) is 82.0 cm³/mol. The maximum atomic E-state index is 12.3. The van der Waals surface area contributed by atoms with Gasteiger partial charge in [0.15, 0.2) is 14.2 Å². The Morgan fingerprint density at radius 2 is 2.30 bits per heavy atom. The Labute approximate surface area is 127 Å². The summed E-state index contributed by atoms with van der Waals surface area (Å²) in [6, 6.07) is -0.186. The molecule has 8 heteroatoms. The Hall–Kier alpha value is -0.600. The van der Waals surface area contributed by atoms with E-state index in [4.69, 9.17) is 0 Å². The van der Waals surface area contributed by atoms with Gasteiger partial charge in [-0.25, -0.2) is 13.4 Å². The van der Waals surface area contributed by atoms with Gasteiger partial charge in [0, 0.05) is 24.2 Å². The second-order valence-corrected chi connectivity index (χ2v) is 9.70. The first kappa shape index (κ1) is 15.8. The summed E-state index contributed by atoms with van der Waals surface area (Å²) in [6.07, 6.45) is 0.540. The number of sulfone groups is 1. The normalized spacial score (nSPS) is 22.6. The number of hydrogen-bond donors (Lipinski definition) is 0. The summed E-state index contributed by atoms with van der Waals surface area (Å²) in [5.74, 6) is 0.232. The van der Waals surface area contributed by atoms with E-state index in [1.165, 1.54) is 23.1 Å². The van der Waals surface area contributed by atoms with Crippen molar-refractivity contribution in [1.29, 1.82) is 0 Å². The smallest absolute Gasteiger partial charge is 0.235 e. The van der Waals surface area contributed by atoms with Crippen molar-refractivity contribution < 1.29 is 13.2 Å². The first-order valence-electron chi connectivity index (χ1n) is 6.34. The van der Waals surface area contributed by atoms with Crippen LogP contribution in [0.1, 0.15) is 19.0 Å². The first-order valence-corrected chi connectivity index (χ1v) is 9.92. The molecule has 0 bridgehead atoms. The molecule has 0 radical (unpaired) electrons. The molecule has 1 aromatic heterocycles. The van der Waals surface area contributed by atoms with Gasteiger partial charge < -0.3 is 4.90 Å². The van der Waals surface area contributed by atoms with E-state index < -0.39 is 9.84 Å². The highest BCUT2D eigenvalue weighted by Gasteiger charge is 2.34. The number of hydrogen-bond acceptors (Lipinski definition) is 6. The number of aryl methyl sites for hydroxylation is 1. The van der Waals surface area contributed by atoms with Gasteiger partial charge >= 0.3 is 0 Å². The topological polar surface area (TPSA) is 67.3 Å². The number of amides is 1. The van der Waals surface area contributed by atoms with E-state index in [1.54, 1.807) is 11.9 Å². The molecule has 2 atom stereocenters. The van der Waals surface area contributed by atoms with Crippen LogP contribution in [0.5, 0.6) is 0 Å². The molecule has 0 saturated carbocycles. The average Bonchev–Trinajstić information content (AvgIpc) is 2.93. The highest BCUT2D eigenvalue weighted by molar-refractivity contribution is 8.02. The lowest BCUT2D eigenvalue weighted by atomic mass is 10.2. The Morgan fingerprint density at radius 1 is 1.60 bits per heavy atom. The van der Waals surface area contributed by atoms with Crippen LogP contribution in [0.2, 0.25) is 0 Å². The summed E-state index contributed by atoms with van der Waals surface area (Å²) in [6.45, 7) is 3.76. The molecule has 0 spiro atoms. The van der Waals surface area contributed by atoms with Gasteiger partial charge in [-0.2, -0.15) is 0 Å². The summed E-state index contributed by atoms with van der Waals surface area (Å²) in [4.78, 5) is 18.3. The number of aromatic nitrogens is 1. The molecule has 1 aliphatic heterocycles. The van der Waals surface area contributed by atoms with Gasteiger partial charge in [0.05, 0.1) is 16.8 Å². The third-order valence-corrected chi connectivity index (χ3v) is 7.25. The first-order chi connectivity index (χ1) is 9.28. The molecule has 0 aromatic carbocycles. The maximum Gasteiger partial charge on any atom is 0.235 e. The number of thiazole rings is 1. The minimum absolute atomic E-state index is 0.0371. The molecule has 2 heterocycles. The van der Waals surface area contributed by atoms with Crippen molar-refractivity contribution in [1.82, 2.24) is 9.88 Å². The summed E-state index contributed by atoms with van der Waals surface area (Å²) >= 11 is 2.95. The fraction of sp³-hybridized carbons (Fsp3) is 0.667. The lowest BCUT2D eigenvalue weighted by Gasteiger charge is -2.25. The van der Waals surface area contributed by atoms with Crippen LogP contribution in [0.3, 0.4) is 0 Å². The van der Waals surface area contributed by atoms with Crippen LogP contribution in [0.4, 0.5) is 0 Å². The Kier molecular flexibility index (Phi) is 4.76. The summed E-state index contributed by atoms with van der Waals surface area (Å²) in [5, 5.41) is 1.70. The lowest BCUT2D eigenvalue weighted by molar-refractivity contribution is -0.130. The minimum atomic E-state index is -2.97. The average molecular weight is 334 g/mol. The number of rotatable bonds is 4. The molecule has 2 rings (SSSR count). The second kappa shape index (κ2) is 6.03. The van der Waals surface area contributed by atoms with Crippen LogP contribution in [0, 0.1) is 6.92 Å². The van der Waals surface area contributed by atoms with Crippen molar-refractivity contribution in [3.05, 3.63) is 11.1 Å². The van der Waals surface area contributed by atoms with Gasteiger partial charge in [0.2, 0.25) is 5.91 Å². The van der Waals surface area contributed by atoms with Crippen LogP contribution >= 0.6 is 23.1 Å². The fourth-order valence-corrected chi connectivity index (χ4v) is 6.00. The van der Waals surface area contributed by atoms with Gasteiger partial charge in [-0.3, -0.25) is 4.79 Å². The van der Waals surface area contributed by atoms with E-state index in [2.05, 4.69) is 4.98 Å². The Balaban J connectivity index is 1.96. The quantitative estimate of drug-likeness (QED) is 0.782. The highest BCUT2D eigenvalue weighted by Crippen LogP contribution is 2.28. The summed E-state index contributed by atoms with van der Waals surface area (Å²) < 4.78 is 23.8. The molecule has 112 valence electrons. The van der Waals surface area contributed by atoms with Gasteiger partial charge in [-0.15, -0.1) is 11.3 Å². The zero-order valence-corrected chi connectivity index (χ0v) is 14.1. The van der Waals surface area contributed by atoms with Crippen LogP contribution in [0.15, 0.2) is 9.72 Å². The molecule has 1 aliphatic rings. The van der Waals surface area contributed by atoms with Gasteiger partial charge in [0.1, 0.15) is 0 Å². The minimum Gasteiger partial charge on any atom is -0.341 e. The molecule has 1 aromatic rings. The summed E-state index contributed by atoms with van der Waals surface area (Å²) in [7, 11) is -1.27. The van der Waals surface area contributed by atoms with Crippen LogP contribution in [-0.4, -0.2) is 54.1 Å². The van der Waals surface area contributed by atoms with Crippen molar-refractivity contribution in [2.45, 2.75) is 35.9 Å². The van der Waals surface area contributed by atoms with Crippen molar-refractivity contribution in [3.63, 3.8) is 0 Å². The third kappa shape index (κ3) is 3.73. The van der Waals surface area contributed by atoms with Crippen molar-refractivity contribution in [3.8, 4) is 0 Å². The van der Waals surface area contributed by atoms with Gasteiger partial charge in [0.25, 0.3) is 0 Å². The maximum absolute atomic E-state index is 12.3. The highest BCUT2D eigenvalue weighted by atomic mass is 32.2. The Morgan fingerprint density at radius 3 is 2.80 bits per heavy atom. The third-order valence-electron chi connectivity index (χ3n) is 3.33. The largest absolute Gasteiger partial charge is 0.341 e. The molecule has 0 aliphatic carbocycles. The Bertz CT molecular complexity index is 597. The molecular formula is C12H18N2O3S3. The molecule has 20 heavy (non-hydrogen) atoms. The number of carbonyl (C=O) groups is 1. The molecule has 1 fully saturated rings. The van der Waals surface area contributed by atoms with Crippen LogP contribution < -0.4 is 0 Å². The van der Waals surface area contributed by atoms with E-state index in [-0.39, 0.29) is 28.7 Å². The summed E-state index contributed by atoms with van der Waals surface area (Å²) in [5.41, 5.74) is 0.951. The van der Waals surface area contributed by atoms with Gasteiger partial charge in [-0.05, 0) is 20.3 Å². The van der Waals surface area contributed by atoms with Crippen molar-refractivity contribution in [2.75, 3.05) is 18.6 Å². The fourth-order valence-electron chi connectivity index (χ4n) is 2.14. The van der Waals surface area contributed by atoms with Crippen molar-refractivity contribution in [2.24, 2.45) is 0 Å². The molecule has 0 unspecified atom stereocenters. The standard InChI is InChI=1S/C12H18N2O3S3/c1-8-6-18-12(13-8)19-9(2)11(15)14(3)10-4-5-20(16,17)7-10/h6,9-10H,4-5,7H2,1-3H3/t9-,10-/m1/s1. The lowest BCUT2D eigenvalue weighted by Crippen LogP contribution is -2.41. The zero-order chi connectivity index (χ0) is 14.9. The van der Waals surface area contributed by atoms with E-state index in [0.29, 0.717) is 6.42 Å². The SMILES string of the molecule is Cc1csc(S[C@H](C)C(=O)N(C)[C@@H]2CCS(=O)(=O)C2)n1. The molecule has 1 amide bonds. The van der Waals surface area contributed by atoms with E-state index in [9.17, 15) is 13.2 Å².